The van der Waals surface area contributed by atoms with Crippen molar-refractivity contribution >= 4 is 48.1 Å². The van der Waals surface area contributed by atoms with Crippen LogP contribution in [0.2, 0.25) is 5.02 Å². The summed E-state index contributed by atoms with van der Waals surface area (Å²) in [7, 11) is -8.10. The van der Waals surface area contributed by atoms with Crippen LogP contribution in [0, 0.1) is 0 Å². The maximum atomic E-state index is 13.0. The average Bonchev–Trinajstić information content (AvgIpc) is 3.13. The van der Waals surface area contributed by atoms with Crippen molar-refractivity contribution in [2.75, 3.05) is 4.72 Å². The van der Waals surface area contributed by atoms with Crippen molar-refractivity contribution in [3.05, 3.63) is 83.6 Å². The number of benzene rings is 2. The second-order valence-electron chi connectivity index (χ2n) is 6.47. The molecule has 0 aliphatic rings. The molecule has 30 heavy (non-hydrogen) atoms. The SMILES string of the molecule is O=S(=O)(Cc1cccnc1)c1ccc(Cl)cc1NS(=O)(=O)c1cc2ccccc2o1. The van der Waals surface area contributed by atoms with Crippen LogP contribution in [-0.4, -0.2) is 21.8 Å². The number of nitrogens with one attached hydrogen (secondary N) is 1. The summed E-state index contributed by atoms with van der Waals surface area (Å²) in [4.78, 5) is 3.71. The van der Waals surface area contributed by atoms with E-state index in [1.54, 1.807) is 36.4 Å². The highest BCUT2D eigenvalue weighted by Crippen LogP contribution is 2.31. The number of aromatic nitrogens is 1. The van der Waals surface area contributed by atoms with Crippen molar-refractivity contribution in [3.63, 3.8) is 0 Å². The van der Waals surface area contributed by atoms with E-state index in [0.29, 0.717) is 16.5 Å². The second kappa shape index (κ2) is 7.75. The van der Waals surface area contributed by atoms with Gasteiger partial charge in [0.15, 0.2) is 9.84 Å². The predicted octanol–water partition coefficient (Wildman–Crippen LogP) is 4.26. The van der Waals surface area contributed by atoms with Gasteiger partial charge in [0.05, 0.1) is 16.3 Å². The number of hydrogen-bond donors (Lipinski definition) is 1. The van der Waals surface area contributed by atoms with Gasteiger partial charge in [-0.1, -0.05) is 35.9 Å². The molecule has 10 heteroatoms. The van der Waals surface area contributed by atoms with E-state index in [-0.39, 0.29) is 26.5 Å². The highest BCUT2D eigenvalue weighted by molar-refractivity contribution is 7.93. The molecule has 0 aliphatic carbocycles. The molecule has 0 amide bonds. The smallest absolute Gasteiger partial charge is 0.295 e. The molecule has 154 valence electrons. The lowest BCUT2D eigenvalue weighted by molar-refractivity contribution is 0.484. The zero-order valence-corrected chi connectivity index (χ0v) is 17.7. The van der Waals surface area contributed by atoms with E-state index in [4.69, 9.17) is 16.0 Å². The zero-order chi connectivity index (χ0) is 21.4. The number of fused-ring (bicyclic) bond motifs is 1. The summed E-state index contributed by atoms with van der Waals surface area (Å²) in [5.41, 5.74) is 0.707. The molecule has 2 heterocycles. The lowest BCUT2D eigenvalue weighted by Crippen LogP contribution is -2.16. The fourth-order valence-corrected chi connectivity index (χ4v) is 5.68. The molecule has 2 aromatic carbocycles. The van der Waals surface area contributed by atoms with Crippen LogP contribution in [0.15, 0.2) is 87.5 Å². The molecule has 0 aliphatic heterocycles. The molecule has 0 fully saturated rings. The van der Waals surface area contributed by atoms with Crippen molar-refractivity contribution in [2.24, 2.45) is 0 Å². The topological polar surface area (TPSA) is 106 Å². The summed E-state index contributed by atoms with van der Waals surface area (Å²) in [6, 6.07) is 15.3. The van der Waals surface area contributed by atoms with Crippen molar-refractivity contribution in [1.82, 2.24) is 4.98 Å². The maximum absolute atomic E-state index is 13.0. The third-order valence-electron chi connectivity index (χ3n) is 4.27. The number of para-hydroxylation sites is 1. The molecule has 4 aromatic rings. The lowest BCUT2D eigenvalue weighted by atomic mass is 10.3. The van der Waals surface area contributed by atoms with Crippen molar-refractivity contribution in [1.29, 1.82) is 0 Å². The molecule has 0 bridgehead atoms. The van der Waals surface area contributed by atoms with E-state index in [0.717, 1.165) is 0 Å². The molecule has 0 spiro atoms. The van der Waals surface area contributed by atoms with Crippen molar-refractivity contribution < 1.29 is 21.3 Å². The van der Waals surface area contributed by atoms with Crippen LogP contribution in [-0.2, 0) is 25.6 Å². The van der Waals surface area contributed by atoms with E-state index in [1.807, 2.05) is 0 Å². The van der Waals surface area contributed by atoms with Crippen LogP contribution < -0.4 is 4.72 Å². The van der Waals surface area contributed by atoms with E-state index in [9.17, 15) is 16.8 Å². The quantitative estimate of drug-likeness (QED) is 0.459. The van der Waals surface area contributed by atoms with Crippen LogP contribution in [0.1, 0.15) is 5.56 Å². The van der Waals surface area contributed by atoms with E-state index in [1.165, 1.54) is 36.7 Å². The second-order valence-corrected chi connectivity index (χ2v) is 10.5. The first-order valence-electron chi connectivity index (χ1n) is 8.67. The Morgan fingerprint density at radius 3 is 2.50 bits per heavy atom. The number of furan rings is 1. The van der Waals surface area contributed by atoms with Gasteiger partial charge in [-0.05, 0) is 35.9 Å². The van der Waals surface area contributed by atoms with Gasteiger partial charge in [-0.2, -0.15) is 8.42 Å². The van der Waals surface area contributed by atoms with E-state index in [2.05, 4.69) is 9.71 Å². The first-order valence-corrected chi connectivity index (χ1v) is 12.2. The van der Waals surface area contributed by atoms with Gasteiger partial charge in [0.2, 0.25) is 5.09 Å². The third-order valence-corrected chi connectivity index (χ3v) is 7.46. The fourth-order valence-electron chi connectivity index (χ4n) is 2.92. The molecule has 2 aromatic heterocycles. The molecule has 4 rings (SSSR count). The van der Waals surface area contributed by atoms with Crippen molar-refractivity contribution in [3.8, 4) is 0 Å². The molecular weight excluding hydrogens is 448 g/mol. The van der Waals surface area contributed by atoms with Gasteiger partial charge in [-0.15, -0.1) is 0 Å². The number of halogens is 1. The Kier molecular flexibility index (Phi) is 5.27. The first-order chi connectivity index (χ1) is 14.2. The van der Waals surface area contributed by atoms with E-state index < -0.39 is 19.9 Å². The Hall–Kier alpha value is -2.88. The third kappa shape index (κ3) is 4.18. The summed E-state index contributed by atoms with van der Waals surface area (Å²) >= 11 is 6.00. The molecule has 0 radical (unpaired) electrons. The van der Waals surface area contributed by atoms with Crippen LogP contribution in [0.5, 0.6) is 0 Å². The molecular formula is C20H15ClN2O5S2. The number of pyridine rings is 1. The fraction of sp³-hybridized carbons (Fsp3) is 0.0500. The van der Waals surface area contributed by atoms with Gasteiger partial charge in [-0.3, -0.25) is 9.71 Å². The van der Waals surface area contributed by atoms with Gasteiger partial charge in [0.1, 0.15) is 5.58 Å². The Balaban J connectivity index is 1.73. The zero-order valence-electron chi connectivity index (χ0n) is 15.3. The Bertz CT molecular complexity index is 1400. The largest absolute Gasteiger partial charge is 0.443 e. The molecule has 0 saturated heterocycles. The van der Waals surface area contributed by atoms with Crippen molar-refractivity contribution in [2.45, 2.75) is 15.7 Å². The van der Waals surface area contributed by atoms with Crippen LogP contribution in [0.25, 0.3) is 11.0 Å². The minimum absolute atomic E-state index is 0.160. The lowest BCUT2D eigenvalue weighted by Gasteiger charge is -2.13. The summed E-state index contributed by atoms with van der Waals surface area (Å²) < 4.78 is 59.4. The summed E-state index contributed by atoms with van der Waals surface area (Å²) in [5.74, 6) is -0.345. The monoisotopic (exact) mass is 462 g/mol. The maximum Gasteiger partial charge on any atom is 0.295 e. The van der Waals surface area contributed by atoms with Crippen LogP contribution in [0.4, 0.5) is 5.69 Å². The highest BCUT2D eigenvalue weighted by Gasteiger charge is 2.25. The van der Waals surface area contributed by atoms with Crippen LogP contribution in [0.3, 0.4) is 0 Å². The van der Waals surface area contributed by atoms with Gasteiger partial charge in [-0.25, -0.2) is 8.42 Å². The molecule has 7 nitrogen and oxygen atoms in total. The normalized spacial score (nSPS) is 12.2. The summed E-state index contributed by atoms with van der Waals surface area (Å²) in [6.07, 6.45) is 2.97. The number of anilines is 1. The molecule has 0 unspecified atom stereocenters. The van der Waals surface area contributed by atoms with Gasteiger partial charge < -0.3 is 4.42 Å². The molecule has 0 saturated carbocycles. The first kappa shape index (κ1) is 20.4. The van der Waals surface area contributed by atoms with Gasteiger partial charge in [0.25, 0.3) is 10.0 Å². The minimum atomic E-state index is -4.20. The number of sulfone groups is 1. The standard InChI is InChI=1S/C20H15ClN2O5S2/c21-16-7-8-19(29(24,25)13-14-4-3-9-22-12-14)17(11-16)23-30(26,27)20-10-15-5-1-2-6-18(15)28-20/h1-12,23H,13H2. The molecule has 1 N–H and O–H groups in total. The Labute approximate surface area is 178 Å². The summed E-state index contributed by atoms with van der Waals surface area (Å²) in [5, 5.41) is 0.449. The van der Waals surface area contributed by atoms with Gasteiger partial charge >= 0.3 is 0 Å². The number of nitrogens with zero attached hydrogens (tertiary/aromatic N) is 1. The van der Waals surface area contributed by atoms with Gasteiger partial charge in [0, 0.05) is 28.9 Å². The minimum Gasteiger partial charge on any atom is -0.443 e. The number of sulfonamides is 1. The Morgan fingerprint density at radius 1 is 0.967 bits per heavy atom. The number of rotatable bonds is 6. The predicted molar refractivity (Wildman–Crippen MR) is 114 cm³/mol. The van der Waals surface area contributed by atoms with E-state index >= 15 is 0 Å². The van der Waals surface area contributed by atoms with Crippen LogP contribution >= 0.6 is 11.6 Å². The average molecular weight is 463 g/mol. The number of hydrogen-bond acceptors (Lipinski definition) is 6. The highest BCUT2D eigenvalue weighted by atomic mass is 35.5. The Morgan fingerprint density at radius 2 is 1.77 bits per heavy atom. The summed E-state index contributed by atoms with van der Waals surface area (Å²) in [6.45, 7) is 0. The molecule has 0 atom stereocenters.